The lowest BCUT2D eigenvalue weighted by Crippen LogP contribution is -2.33. The Bertz CT molecular complexity index is 1040. The van der Waals surface area contributed by atoms with Crippen molar-refractivity contribution in [2.45, 2.75) is 52.1 Å². The van der Waals surface area contributed by atoms with E-state index in [1.54, 1.807) is 9.47 Å². The monoisotopic (exact) mass is 419 g/mol. The van der Waals surface area contributed by atoms with Crippen molar-refractivity contribution >= 4 is 28.2 Å². The van der Waals surface area contributed by atoms with E-state index in [2.05, 4.69) is 16.4 Å². The number of aromatic nitrogens is 2. The van der Waals surface area contributed by atoms with E-state index in [0.717, 1.165) is 23.3 Å². The number of anilines is 1. The van der Waals surface area contributed by atoms with E-state index in [1.165, 1.54) is 18.3 Å². The molecule has 0 radical (unpaired) electrons. The van der Waals surface area contributed by atoms with Crippen LogP contribution in [-0.2, 0) is 30.7 Å². The van der Waals surface area contributed by atoms with Crippen LogP contribution in [0.2, 0.25) is 0 Å². The molecule has 0 bridgehead atoms. The average molecular weight is 419 g/mol. The Labute approximate surface area is 169 Å². The fourth-order valence-corrected chi connectivity index (χ4v) is 5.15. The van der Waals surface area contributed by atoms with Gasteiger partial charge in [-0.2, -0.15) is 5.26 Å². The lowest BCUT2D eigenvalue weighted by molar-refractivity contribution is -0.129. The molecule has 152 valence electrons. The number of carbonyl (C=O) groups excluding carboxylic acids is 2. The Morgan fingerprint density at radius 3 is 2.76 bits per heavy atom. The SMILES string of the molecule is CC(=O)N1CCc2c(sc(NC(=O)c3c(C(F)F)nc4n3CCCC4)c2C#N)C1. The van der Waals surface area contributed by atoms with Crippen LogP contribution in [0.15, 0.2) is 0 Å². The summed E-state index contributed by atoms with van der Waals surface area (Å²) in [5.41, 5.74) is 0.519. The number of carbonyl (C=O) groups is 2. The smallest absolute Gasteiger partial charge is 0.282 e. The maximum absolute atomic E-state index is 13.5. The zero-order valence-electron chi connectivity index (χ0n) is 15.8. The highest BCUT2D eigenvalue weighted by molar-refractivity contribution is 7.16. The van der Waals surface area contributed by atoms with Crippen molar-refractivity contribution in [2.24, 2.45) is 0 Å². The summed E-state index contributed by atoms with van der Waals surface area (Å²) in [6.45, 7) is 2.84. The molecule has 4 rings (SSSR count). The predicted molar refractivity (Wildman–Crippen MR) is 102 cm³/mol. The van der Waals surface area contributed by atoms with Gasteiger partial charge in [0.05, 0.1) is 12.1 Å². The lowest BCUT2D eigenvalue weighted by Gasteiger charge is -2.25. The zero-order valence-corrected chi connectivity index (χ0v) is 16.6. The van der Waals surface area contributed by atoms with Crippen LogP contribution in [0.4, 0.5) is 13.8 Å². The van der Waals surface area contributed by atoms with Gasteiger partial charge in [0.15, 0.2) is 0 Å². The summed E-state index contributed by atoms with van der Waals surface area (Å²) in [5, 5.41) is 12.6. The Balaban J connectivity index is 1.68. The summed E-state index contributed by atoms with van der Waals surface area (Å²) >= 11 is 1.22. The molecule has 2 aromatic rings. The molecule has 0 unspecified atom stereocenters. The van der Waals surface area contributed by atoms with Gasteiger partial charge < -0.3 is 14.8 Å². The van der Waals surface area contributed by atoms with E-state index in [4.69, 9.17) is 0 Å². The fraction of sp³-hybridized carbons (Fsp3) is 0.474. The van der Waals surface area contributed by atoms with Crippen LogP contribution >= 0.6 is 11.3 Å². The lowest BCUT2D eigenvalue weighted by atomic mass is 10.0. The molecule has 0 atom stereocenters. The third-order valence-corrected chi connectivity index (χ3v) is 6.50. The zero-order chi connectivity index (χ0) is 20.7. The van der Waals surface area contributed by atoms with Gasteiger partial charge in [0.25, 0.3) is 12.3 Å². The van der Waals surface area contributed by atoms with Crippen molar-refractivity contribution in [1.29, 1.82) is 5.26 Å². The number of nitrogens with zero attached hydrogens (tertiary/aromatic N) is 4. The van der Waals surface area contributed by atoms with Gasteiger partial charge in [0.1, 0.15) is 28.3 Å². The highest BCUT2D eigenvalue weighted by atomic mass is 32.1. The van der Waals surface area contributed by atoms with E-state index in [9.17, 15) is 23.6 Å². The molecule has 0 saturated heterocycles. The third-order valence-electron chi connectivity index (χ3n) is 5.37. The maximum atomic E-state index is 13.5. The molecule has 2 aliphatic rings. The molecule has 0 fully saturated rings. The number of hydrogen-bond acceptors (Lipinski definition) is 5. The minimum Gasteiger partial charge on any atom is -0.337 e. The Morgan fingerprint density at radius 1 is 1.28 bits per heavy atom. The topological polar surface area (TPSA) is 91.0 Å². The molecular formula is C19H19F2N5O2S. The van der Waals surface area contributed by atoms with Crippen molar-refractivity contribution in [2.75, 3.05) is 11.9 Å². The van der Waals surface area contributed by atoms with Crippen molar-refractivity contribution in [3.63, 3.8) is 0 Å². The second-order valence-corrected chi connectivity index (χ2v) is 8.24. The summed E-state index contributed by atoms with van der Waals surface area (Å²) < 4.78 is 28.6. The Hall–Kier alpha value is -2.80. The normalized spacial score (nSPS) is 15.6. The molecular weight excluding hydrogens is 400 g/mol. The standard InChI is InChI=1S/C19H19F2N5O2S/c1-10(27)25-7-5-11-12(8-22)19(29-13(11)9-25)24-18(28)16-15(17(20)21)23-14-4-2-3-6-26(14)16/h17H,2-7,9H2,1H3,(H,24,28). The first-order chi connectivity index (χ1) is 13.9. The van der Waals surface area contributed by atoms with Gasteiger partial charge in [-0.15, -0.1) is 11.3 Å². The molecule has 4 heterocycles. The average Bonchev–Trinajstić information content (AvgIpc) is 3.25. The van der Waals surface area contributed by atoms with Crippen LogP contribution in [0.25, 0.3) is 0 Å². The molecule has 2 amide bonds. The maximum Gasteiger partial charge on any atom is 0.282 e. The Kier molecular flexibility index (Phi) is 5.08. The summed E-state index contributed by atoms with van der Waals surface area (Å²) in [4.78, 5) is 31.1. The van der Waals surface area contributed by atoms with E-state index >= 15 is 0 Å². The summed E-state index contributed by atoms with van der Waals surface area (Å²) in [6.07, 6.45) is -0.128. The van der Waals surface area contributed by atoms with Crippen molar-refractivity contribution < 1.29 is 18.4 Å². The molecule has 0 aliphatic carbocycles. The number of nitriles is 1. The van der Waals surface area contributed by atoms with Crippen LogP contribution in [0.5, 0.6) is 0 Å². The first-order valence-corrected chi connectivity index (χ1v) is 10.2. The molecule has 0 saturated carbocycles. The fourth-order valence-electron chi connectivity index (χ4n) is 3.94. The van der Waals surface area contributed by atoms with Gasteiger partial charge in [0.2, 0.25) is 5.91 Å². The molecule has 0 aromatic carbocycles. The number of amides is 2. The van der Waals surface area contributed by atoms with E-state index in [-0.39, 0.29) is 11.6 Å². The molecule has 29 heavy (non-hydrogen) atoms. The second-order valence-electron chi connectivity index (χ2n) is 7.14. The number of imidazole rings is 1. The van der Waals surface area contributed by atoms with E-state index in [1.807, 2.05) is 0 Å². The number of fused-ring (bicyclic) bond motifs is 2. The second kappa shape index (κ2) is 7.55. The molecule has 10 heteroatoms. The first kappa shape index (κ1) is 19.5. The number of aryl methyl sites for hydroxylation is 1. The van der Waals surface area contributed by atoms with Crippen LogP contribution < -0.4 is 5.32 Å². The molecule has 2 aliphatic heterocycles. The first-order valence-electron chi connectivity index (χ1n) is 9.39. The predicted octanol–water partition coefficient (Wildman–Crippen LogP) is 3.25. The minimum atomic E-state index is -2.86. The summed E-state index contributed by atoms with van der Waals surface area (Å²) in [7, 11) is 0. The van der Waals surface area contributed by atoms with Crippen LogP contribution in [0.3, 0.4) is 0 Å². The van der Waals surface area contributed by atoms with Gasteiger partial charge >= 0.3 is 0 Å². The summed E-state index contributed by atoms with van der Waals surface area (Å²) in [5.74, 6) is -0.236. The van der Waals surface area contributed by atoms with E-state index < -0.39 is 18.0 Å². The molecule has 7 nitrogen and oxygen atoms in total. The van der Waals surface area contributed by atoms with Gasteiger partial charge in [-0.05, 0) is 24.8 Å². The summed E-state index contributed by atoms with van der Waals surface area (Å²) in [6, 6.07) is 2.12. The number of rotatable bonds is 3. The minimum absolute atomic E-state index is 0.0550. The number of nitrogens with one attached hydrogen (secondary N) is 1. The largest absolute Gasteiger partial charge is 0.337 e. The third kappa shape index (κ3) is 3.40. The van der Waals surface area contributed by atoms with Gasteiger partial charge in [-0.3, -0.25) is 9.59 Å². The molecule has 2 aromatic heterocycles. The Morgan fingerprint density at radius 2 is 2.07 bits per heavy atom. The highest BCUT2D eigenvalue weighted by Crippen LogP contribution is 2.37. The number of hydrogen-bond donors (Lipinski definition) is 1. The van der Waals surface area contributed by atoms with Gasteiger partial charge in [-0.25, -0.2) is 13.8 Å². The van der Waals surface area contributed by atoms with Crippen LogP contribution in [0.1, 0.15) is 64.2 Å². The van der Waals surface area contributed by atoms with Gasteiger partial charge in [0, 0.05) is 31.3 Å². The number of halogens is 2. The number of thiophene rings is 1. The van der Waals surface area contributed by atoms with Gasteiger partial charge in [-0.1, -0.05) is 0 Å². The number of alkyl halides is 2. The van der Waals surface area contributed by atoms with E-state index in [0.29, 0.717) is 48.9 Å². The quantitative estimate of drug-likeness (QED) is 0.827. The van der Waals surface area contributed by atoms with Crippen molar-refractivity contribution in [3.8, 4) is 6.07 Å². The molecule has 0 spiro atoms. The van der Waals surface area contributed by atoms with Crippen molar-refractivity contribution in [1.82, 2.24) is 14.5 Å². The highest BCUT2D eigenvalue weighted by Gasteiger charge is 2.31. The van der Waals surface area contributed by atoms with Crippen LogP contribution in [0, 0.1) is 11.3 Å². The van der Waals surface area contributed by atoms with Crippen LogP contribution in [-0.4, -0.2) is 32.8 Å². The molecule has 1 N–H and O–H groups in total. The van der Waals surface area contributed by atoms with Crippen molar-refractivity contribution in [3.05, 3.63) is 33.2 Å².